The van der Waals surface area contributed by atoms with Gasteiger partial charge in [0.2, 0.25) is 5.91 Å². The summed E-state index contributed by atoms with van der Waals surface area (Å²) in [5.41, 5.74) is 5.59. The van der Waals surface area contributed by atoms with Crippen LogP contribution in [0.2, 0.25) is 0 Å². The van der Waals surface area contributed by atoms with Crippen molar-refractivity contribution >= 4 is 40.3 Å². The van der Waals surface area contributed by atoms with E-state index in [2.05, 4.69) is 80.6 Å². The van der Waals surface area contributed by atoms with Gasteiger partial charge in [-0.25, -0.2) is 0 Å². The Labute approximate surface area is 277 Å². The molecule has 1 aliphatic heterocycles. The van der Waals surface area contributed by atoms with Crippen LogP contribution in [0.1, 0.15) is 128 Å². The van der Waals surface area contributed by atoms with Crippen molar-refractivity contribution in [2.75, 3.05) is 17.8 Å². The summed E-state index contributed by atoms with van der Waals surface area (Å²) in [4.78, 5) is 15.4. The maximum Gasteiger partial charge on any atom is 0.228 e. The molecule has 6 heteroatoms. The van der Waals surface area contributed by atoms with Gasteiger partial charge in [-0.05, 0) is 53.5 Å². The Morgan fingerprint density at radius 3 is 2.05 bits per heavy atom. The predicted molar refractivity (Wildman–Crippen MR) is 193 cm³/mol. The second kappa shape index (κ2) is 20.2. The van der Waals surface area contributed by atoms with Crippen LogP contribution >= 0.6 is 28.7 Å². The lowest BCUT2D eigenvalue weighted by atomic mass is 9.86. The molecule has 0 saturated heterocycles. The molecule has 3 rings (SSSR count). The Bertz CT molecular complexity index is 1110. The van der Waals surface area contributed by atoms with E-state index in [0.29, 0.717) is 13.0 Å². The van der Waals surface area contributed by atoms with Crippen molar-refractivity contribution in [1.82, 2.24) is 4.90 Å². The lowest BCUT2D eigenvalue weighted by Crippen LogP contribution is -2.17. The Morgan fingerprint density at radius 2 is 1.49 bits per heavy atom. The Hall–Kier alpha value is -1.92. The highest BCUT2D eigenvalue weighted by Gasteiger charge is 2.18. The first-order valence-electron chi connectivity index (χ1n) is 16.4. The average Bonchev–Trinajstić information content (AvgIpc) is 3.36. The normalized spacial score (nSPS) is 13.0. The minimum atomic E-state index is -0.0174. The van der Waals surface area contributed by atoms with Gasteiger partial charge >= 0.3 is 0 Å². The largest absolute Gasteiger partial charge is 0.493 e. The third-order valence-corrected chi connectivity index (χ3v) is 9.10. The van der Waals surface area contributed by atoms with Crippen molar-refractivity contribution in [3.8, 4) is 5.75 Å². The fourth-order valence-corrected chi connectivity index (χ4v) is 6.25. The fourth-order valence-electron chi connectivity index (χ4n) is 5.31. The Kier molecular flexibility index (Phi) is 17.5. The predicted octanol–water partition coefficient (Wildman–Crippen LogP) is 11.2. The number of rotatable bonds is 19. The second-order valence-corrected chi connectivity index (χ2v) is 13.8. The monoisotopic (exact) mass is 672 g/mol. The van der Waals surface area contributed by atoms with Gasteiger partial charge in [0, 0.05) is 23.5 Å². The molecule has 43 heavy (non-hydrogen) atoms. The molecular weight excluding hydrogens is 616 g/mol. The van der Waals surface area contributed by atoms with Gasteiger partial charge in [0.25, 0.3) is 0 Å². The Balaban J connectivity index is 0.00000645. The molecule has 1 aliphatic rings. The van der Waals surface area contributed by atoms with E-state index in [1.807, 2.05) is 23.9 Å². The maximum absolute atomic E-state index is 13.0. The fraction of sp³-hybridized carbons (Fsp3) is 0.595. The minimum absolute atomic E-state index is 0. The molecule has 4 nitrogen and oxygen atoms in total. The number of halogens is 1. The summed E-state index contributed by atoms with van der Waals surface area (Å²) in [5.74, 6) is 1.83. The number of ether oxygens (including phenoxy) is 1. The molecule has 0 atom stereocenters. The number of hydrogen-bond donors (Lipinski definition) is 1. The van der Waals surface area contributed by atoms with Crippen molar-refractivity contribution in [2.45, 2.75) is 130 Å². The number of nitrogens with one attached hydrogen (secondary N) is 1. The number of unbranched alkanes of at least 4 members (excludes halogenated alkanes) is 11. The van der Waals surface area contributed by atoms with Crippen molar-refractivity contribution in [3.05, 3.63) is 70.3 Å². The highest BCUT2D eigenvalue weighted by Crippen LogP contribution is 2.30. The number of amides is 1. The quantitative estimate of drug-likeness (QED) is 0.151. The zero-order chi connectivity index (χ0) is 30.2. The number of nitrogens with zero attached hydrogens (tertiary/aromatic N) is 1. The van der Waals surface area contributed by atoms with E-state index in [1.54, 1.807) is 0 Å². The number of benzene rings is 2. The average molecular weight is 674 g/mol. The third-order valence-electron chi connectivity index (χ3n) is 8.13. The molecule has 1 heterocycles. The van der Waals surface area contributed by atoms with Crippen LogP contribution in [0, 0.1) is 0 Å². The van der Waals surface area contributed by atoms with E-state index < -0.39 is 0 Å². The molecule has 2 aromatic carbocycles. The molecule has 0 aromatic heterocycles. The number of allylic oxidation sites excluding steroid dienone is 1. The van der Waals surface area contributed by atoms with Gasteiger partial charge in [-0.1, -0.05) is 123 Å². The van der Waals surface area contributed by atoms with Crippen molar-refractivity contribution in [3.63, 3.8) is 0 Å². The van der Waals surface area contributed by atoms with Gasteiger partial charge in [0.05, 0.1) is 18.9 Å². The summed E-state index contributed by atoms with van der Waals surface area (Å²) >= 11 is 1.84. The molecule has 1 N–H and O–H groups in total. The molecule has 240 valence electrons. The van der Waals surface area contributed by atoms with Crippen molar-refractivity contribution in [2.24, 2.45) is 0 Å². The summed E-state index contributed by atoms with van der Waals surface area (Å²) in [6, 6.07) is 14.6. The molecule has 0 saturated carbocycles. The van der Waals surface area contributed by atoms with Gasteiger partial charge in [-0.15, -0.1) is 28.7 Å². The first kappa shape index (κ1) is 37.3. The molecule has 0 spiro atoms. The zero-order valence-electron chi connectivity index (χ0n) is 27.5. The van der Waals surface area contributed by atoms with E-state index in [-0.39, 0.29) is 28.3 Å². The lowest BCUT2D eigenvalue weighted by Gasteiger charge is -2.21. The van der Waals surface area contributed by atoms with Gasteiger partial charge in [0.1, 0.15) is 5.75 Å². The standard InChI is InChI=1S/C37H56N2O2S.BrH/c1-6-7-8-9-10-11-12-13-14-15-16-17-24-41-35-26-33(37(3,4)5)21-20-32(35)25-36(40)38-34-22-18-31(19-23-34)27-39-29-42-28-30(39)2;/h18-23,26,28H,6-17,24-25,27,29H2,1-5H3,(H,38,40);1H. The van der Waals surface area contributed by atoms with Crippen LogP contribution in [0.25, 0.3) is 0 Å². The Morgan fingerprint density at radius 1 is 0.884 bits per heavy atom. The first-order valence-corrected chi connectivity index (χ1v) is 17.5. The number of anilines is 1. The van der Waals surface area contributed by atoms with Crippen LogP contribution in [0.5, 0.6) is 5.75 Å². The number of thioether (sulfide) groups is 1. The van der Waals surface area contributed by atoms with Crippen LogP contribution in [0.15, 0.2) is 53.6 Å². The van der Waals surface area contributed by atoms with Gasteiger partial charge in [-0.3, -0.25) is 4.79 Å². The highest BCUT2D eigenvalue weighted by atomic mass is 79.9. The summed E-state index contributed by atoms with van der Waals surface area (Å²) in [5, 5.41) is 5.29. The van der Waals surface area contributed by atoms with E-state index >= 15 is 0 Å². The smallest absolute Gasteiger partial charge is 0.228 e. The van der Waals surface area contributed by atoms with Gasteiger partial charge in [0.15, 0.2) is 0 Å². The van der Waals surface area contributed by atoms with Crippen LogP contribution in [0.4, 0.5) is 5.69 Å². The SMILES string of the molecule is Br.CCCCCCCCCCCCCCOc1cc(C(C)(C)C)ccc1CC(=O)Nc1ccc(CN2CSC=C2C)cc1. The third kappa shape index (κ3) is 14.2. The van der Waals surface area contributed by atoms with E-state index in [1.165, 1.54) is 87.5 Å². The zero-order valence-corrected chi connectivity index (χ0v) is 30.0. The van der Waals surface area contributed by atoms with Gasteiger partial charge < -0.3 is 15.0 Å². The molecule has 0 bridgehead atoms. The van der Waals surface area contributed by atoms with Crippen LogP contribution in [0.3, 0.4) is 0 Å². The second-order valence-electron chi connectivity index (χ2n) is 13.0. The molecule has 1 amide bonds. The highest BCUT2D eigenvalue weighted by molar-refractivity contribution is 8.93. The lowest BCUT2D eigenvalue weighted by molar-refractivity contribution is -0.115. The van der Waals surface area contributed by atoms with Crippen LogP contribution in [-0.4, -0.2) is 23.3 Å². The molecule has 2 aromatic rings. The topological polar surface area (TPSA) is 41.6 Å². The first-order chi connectivity index (χ1) is 20.3. The summed E-state index contributed by atoms with van der Waals surface area (Å²) in [7, 11) is 0. The number of carbonyl (C=O) groups is 1. The van der Waals surface area contributed by atoms with E-state index in [0.717, 1.165) is 35.8 Å². The molecule has 0 unspecified atom stereocenters. The number of hydrogen-bond acceptors (Lipinski definition) is 4. The minimum Gasteiger partial charge on any atom is -0.493 e. The summed E-state index contributed by atoms with van der Waals surface area (Å²) in [6.45, 7) is 12.7. The molecular formula is C37H57BrN2O2S. The molecule has 0 radical (unpaired) electrons. The van der Waals surface area contributed by atoms with Crippen LogP contribution in [-0.2, 0) is 23.2 Å². The van der Waals surface area contributed by atoms with Crippen molar-refractivity contribution in [1.29, 1.82) is 0 Å². The van der Waals surface area contributed by atoms with E-state index in [9.17, 15) is 4.79 Å². The molecule has 0 aliphatic carbocycles. The maximum atomic E-state index is 13.0. The van der Waals surface area contributed by atoms with Gasteiger partial charge in [-0.2, -0.15) is 0 Å². The summed E-state index contributed by atoms with van der Waals surface area (Å²) < 4.78 is 6.31. The van der Waals surface area contributed by atoms with Crippen molar-refractivity contribution < 1.29 is 9.53 Å². The van der Waals surface area contributed by atoms with E-state index in [4.69, 9.17) is 4.74 Å². The van der Waals surface area contributed by atoms with Crippen LogP contribution < -0.4 is 10.1 Å². The number of carbonyl (C=O) groups excluding carboxylic acids is 1. The summed E-state index contributed by atoms with van der Waals surface area (Å²) in [6.07, 6.45) is 16.3. The molecule has 0 fully saturated rings.